The van der Waals surface area contributed by atoms with Gasteiger partial charge < -0.3 is 20.1 Å². The van der Waals surface area contributed by atoms with Crippen LogP contribution in [0.3, 0.4) is 0 Å². The van der Waals surface area contributed by atoms with Gasteiger partial charge in [-0.05, 0) is 37.3 Å². The second-order valence-electron chi connectivity index (χ2n) is 7.08. The molecule has 1 aromatic rings. The maximum atomic E-state index is 11.6. The van der Waals surface area contributed by atoms with Crippen LogP contribution in [0.1, 0.15) is 25.7 Å². The van der Waals surface area contributed by atoms with Gasteiger partial charge >= 0.3 is 5.97 Å². The molecular formula is C18H27NO7S. The number of aliphatic carboxylic acids is 1. The van der Waals surface area contributed by atoms with E-state index in [2.05, 4.69) is 4.72 Å². The minimum Gasteiger partial charge on any atom is -0.492 e. The SMILES string of the molecule is CS(=O)(=O)NC(CCC1C(O)CC(O)C1CC(=O)O)COc1ccccc1. The molecule has 8 nitrogen and oxygen atoms in total. The number of carboxylic acid groups (broad SMARTS) is 1. The number of hydrogen-bond donors (Lipinski definition) is 4. The normalized spacial score (nSPS) is 26.6. The molecule has 0 radical (unpaired) electrons. The first kappa shape index (κ1) is 21.6. The van der Waals surface area contributed by atoms with Crippen molar-refractivity contribution in [1.29, 1.82) is 0 Å². The predicted octanol–water partition coefficient (Wildman–Crippen LogP) is 0.596. The average molecular weight is 401 g/mol. The molecule has 1 aromatic carbocycles. The molecule has 0 bridgehead atoms. The number of rotatable bonds is 10. The van der Waals surface area contributed by atoms with Gasteiger partial charge in [-0.3, -0.25) is 4.79 Å². The van der Waals surface area contributed by atoms with Gasteiger partial charge in [0, 0.05) is 5.92 Å². The van der Waals surface area contributed by atoms with Gasteiger partial charge in [0.1, 0.15) is 12.4 Å². The quantitative estimate of drug-likeness (QED) is 0.451. The van der Waals surface area contributed by atoms with Crippen LogP contribution in [0.15, 0.2) is 30.3 Å². The van der Waals surface area contributed by atoms with Gasteiger partial charge in [-0.1, -0.05) is 18.2 Å². The lowest BCUT2D eigenvalue weighted by Gasteiger charge is -2.25. The molecular weight excluding hydrogens is 374 g/mol. The number of ether oxygens (including phenoxy) is 1. The summed E-state index contributed by atoms with van der Waals surface area (Å²) < 4.78 is 31.4. The summed E-state index contributed by atoms with van der Waals surface area (Å²) in [7, 11) is -3.47. The lowest BCUT2D eigenvalue weighted by Crippen LogP contribution is -2.39. The third-order valence-corrected chi connectivity index (χ3v) is 5.62. The Labute approximate surface area is 159 Å². The van der Waals surface area contributed by atoms with Crippen molar-refractivity contribution in [1.82, 2.24) is 4.72 Å². The van der Waals surface area contributed by atoms with Crippen molar-refractivity contribution < 1.29 is 33.3 Å². The first-order chi connectivity index (χ1) is 12.7. The summed E-state index contributed by atoms with van der Waals surface area (Å²) in [5.41, 5.74) is 0. The number of benzene rings is 1. The fraction of sp³-hybridized carbons (Fsp3) is 0.611. The molecule has 152 valence electrons. The van der Waals surface area contributed by atoms with E-state index in [0.717, 1.165) is 6.26 Å². The number of sulfonamides is 1. The largest absolute Gasteiger partial charge is 0.492 e. The molecule has 0 aliphatic heterocycles. The van der Waals surface area contributed by atoms with E-state index in [0.29, 0.717) is 18.6 Å². The van der Waals surface area contributed by atoms with Gasteiger partial charge in [0.25, 0.3) is 0 Å². The van der Waals surface area contributed by atoms with Gasteiger partial charge in [-0.2, -0.15) is 0 Å². The molecule has 0 aromatic heterocycles. The Morgan fingerprint density at radius 2 is 1.85 bits per heavy atom. The molecule has 0 heterocycles. The first-order valence-electron chi connectivity index (χ1n) is 8.89. The lowest BCUT2D eigenvalue weighted by molar-refractivity contribution is -0.139. The molecule has 0 spiro atoms. The van der Waals surface area contributed by atoms with Gasteiger partial charge in [-0.15, -0.1) is 0 Å². The highest BCUT2D eigenvalue weighted by molar-refractivity contribution is 7.88. The molecule has 0 saturated heterocycles. The summed E-state index contributed by atoms with van der Waals surface area (Å²) in [4.78, 5) is 11.0. The fourth-order valence-electron chi connectivity index (χ4n) is 3.65. The summed E-state index contributed by atoms with van der Waals surface area (Å²) in [6.07, 6.45) is 0.0119. The van der Waals surface area contributed by atoms with Crippen LogP contribution in [0.4, 0.5) is 0 Å². The van der Waals surface area contributed by atoms with Crippen LogP contribution in [-0.4, -0.2) is 60.8 Å². The van der Waals surface area contributed by atoms with Crippen molar-refractivity contribution in [3.63, 3.8) is 0 Å². The minimum atomic E-state index is -3.47. The molecule has 27 heavy (non-hydrogen) atoms. The monoisotopic (exact) mass is 401 g/mol. The molecule has 2 rings (SSSR count). The van der Waals surface area contributed by atoms with E-state index in [1.54, 1.807) is 24.3 Å². The minimum absolute atomic E-state index is 0.103. The van der Waals surface area contributed by atoms with Crippen LogP contribution in [0.25, 0.3) is 0 Å². The summed E-state index contributed by atoms with van der Waals surface area (Å²) in [5.74, 6) is -1.38. The molecule has 1 aliphatic carbocycles. The number of hydrogen-bond acceptors (Lipinski definition) is 6. The zero-order valence-electron chi connectivity index (χ0n) is 15.2. The van der Waals surface area contributed by atoms with Crippen molar-refractivity contribution in [3.8, 4) is 5.75 Å². The Balaban J connectivity index is 1.99. The number of carboxylic acids is 1. The Morgan fingerprint density at radius 3 is 2.44 bits per heavy atom. The van der Waals surface area contributed by atoms with E-state index in [9.17, 15) is 23.4 Å². The van der Waals surface area contributed by atoms with E-state index in [1.807, 2.05) is 6.07 Å². The topological polar surface area (TPSA) is 133 Å². The summed E-state index contributed by atoms with van der Waals surface area (Å²) in [6, 6.07) is 8.45. The maximum absolute atomic E-state index is 11.6. The van der Waals surface area contributed by atoms with Crippen LogP contribution in [-0.2, 0) is 14.8 Å². The summed E-state index contributed by atoms with van der Waals surface area (Å²) in [6.45, 7) is 0.103. The molecule has 1 aliphatic rings. The first-order valence-corrected chi connectivity index (χ1v) is 10.8. The maximum Gasteiger partial charge on any atom is 0.303 e. The van der Waals surface area contributed by atoms with Crippen LogP contribution in [0.2, 0.25) is 0 Å². The van der Waals surface area contributed by atoms with Crippen LogP contribution in [0.5, 0.6) is 5.75 Å². The zero-order chi connectivity index (χ0) is 20.0. The third kappa shape index (κ3) is 7.10. The van der Waals surface area contributed by atoms with Crippen LogP contribution < -0.4 is 9.46 Å². The number of nitrogens with one attached hydrogen (secondary N) is 1. The van der Waals surface area contributed by atoms with Crippen LogP contribution >= 0.6 is 0 Å². The number of aliphatic hydroxyl groups is 2. The van der Waals surface area contributed by atoms with Gasteiger partial charge in [0.2, 0.25) is 10.0 Å². The molecule has 9 heteroatoms. The smallest absolute Gasteiger partial charge is 0.303 e. The highest BCUT2D eigenvalue weighted by Crippen LogP contribution is 2.38. The van der Waals surface area contributed by atoms with Crippen molar-refractivity contribution >= 4 is 16.0 Å². The molecule has 5 unspecified atom stereocenters. The van der Waals surface area contributed by atoms with Crippen LogP contribution in [0, 0.1) is 11.8 Å². The second-order valence-corrected chi connectivity index (χ2v) is 8.86. The van der Waals surface area contributed by atoms with Crippen molar-refractivity contribution in [2.75, 3.05) is 12.9 Å². The second kappa shape index (κ2) is 9.50. The number of carbonyl (C=O) groups is 1. The standard InChI is InChI=1S/C18H27NO7S/c1-27(24,25)19-12(11-26-13-5-3-2-4-6-13)7-8-14-15(9-18(22)23)17(21)10-16(14)20/h2-6,12,14-17,19-21H,7-11H2,1H3,(H,22,23). The van der Waals surface area contributed by atoms with E-state index >= 15 is 0 Å². The molecule has 0 amide bonds. The Hall–Kier alpha value is -1.68. The highest BCUT2D eigenvalue weighted by Gasteiger charge is 2.42. The molecule has 5 atom stereocenters. The van der Waals surface area contributed by atoms with Gasteiger partial charge in [0.05, 0.1) is 30.9 Å². The Kier molecular flexibility index (Phi) is 7.60. The van der Waals surface area contributed by atoms with E-state index in [1.165, 1.54) is 0 Å². The van der Waals surface area contributed by atoms with E-state index < -0.39 is 46.1 Å². The average Bonchev–Trinajstić information content (AvgIpc) is 2.83. The lowest BCUT2D eigenvalue weighted by atomic mass is 9.86. The van der Waals surface area contributed by atoms with Crippen molar-refractivity contribution in [3.05, 3.63) is 30.3 Å². The summed E-state index contributed by atoms with van der Waals surface area (Å²) in [5, 5.41) is 29.2. The van der Waals surface area contributed by atoms with Crippen molar-refractivity contribution in [2.45, 2.75) is 43.9 Å². The van der Waals surface area contributed by atoms with E-state index in [4.69, 9.17) is 9.84 Å². The zero-order valence-corrected chi connectivity index (χ0v) is 16.0. The number of para-hydroxylation sites is 1. The van der Waals surface area contributed by atoms with Crippen molar-refractivity contribution in [2.24, 2.45) is 11.8 Å². The Morgan fingerprint density at radius 1 is 1.22 bits per heavy atom. The van der Waals surface area contributed by atoms with Gasteiger partial charge in [0.15, 0.2) is 0 Å². The molecule has 1 fully saturated rings. The van der Waals surface area contributed by atoms with Gasteiger partial charge in [-0.25, -0.2) is 13.1 Å². The number of aliphatic hydroxyl groups excluding tert-OH is 2. The third-order valence-electron chi connectivity index (χ3n) is 4.86. The molecule has 4 N–H and O–H groups in total. The van der Waals surface area contributed by atoms with E-state index in [-0.39, 0.29) is 19.4 Å². The Bertz CT molecular complexity index is 710. The molecule has 1 saturated carbocycles. The predicted molar refractivity (Wildman–Crippen MR) is 98.8 cm³/mol. The fourth-order valence-corrected chi connectivity index (χ4v) is 4.44. The highest BCUT2D eigenvalue weighted by atomic mass is 32.2. The summed E-state index contributed by atoms with van der Waals surface area (Å²) >= 11 is 0.